The summed E-state index contributed by atoms with van der Waals surface area (Å²) in [4.78, 5) is 27.1. The summed E-state index contributed by atoms with van der Waals surface area (Å²) in [6.45, 7) is 0.549. The maximum Gasteiger partial charge on any atom is 0.254 e. The molecule has 2 aliphatic carbocycles. The minimum Gasteiger partial charge on any atom is -0.349 e. The number of carbonyl (C=O) groups is 2. The van der Waals surface area contributed by atoms with Gasteiger partial charge in [-0.3, -0.25) is 9.59 Å². The zero-order valence-corrected chi connectivity index (χ0v) is 17.7. The van der Waals surface area contributed by atoms with E-state index in [4.69, 9.17) is 11.6 Å². The second kappa shape index (κ2) is 7.80. The van der Waals surface area contributed by atoms with Crippen molar-refractivity contribution in [3.8, 4) is 0 Å². The summed E-state index contributed by atoms with van der Waals surface area (Å²) in [6.07, 6.45) is 4.23. The van der Waals surface area contributed by atoms with Crippen LogP contribution < -0.4 is 5.32 Å². The number of hydrogen-bond acceptors (Lipinski definition) is 2. The number of nitrogens with zero attached hydrogens (tertiary/aromatic N) is 1. The highest BCUT2D eigenvalue weighted by Gasteiger charge is 2.33. The molecule has 0 bridgehead atoms. The van der Waals surface area contributed by atoms with Crippen LogP contribution in [0.15, 0.2) is 42.5 Å². The molecule has 140 valence electrons. The van der Waals surface area contributed by atoms with Crippen LogP contribution in [0.3, 0.4) is 0 Å². The fourth-order valence-corrected chi connectivity index (χ4v) is 3.64. The Labute approximate surface area is 177 Å². The maximum absolute atomic E-state index is 13.0. The van der Waals surface area contributed by atoms with Crippen molar-refractivity contribution in [1.82, 2.24) is 10.2 Å². The predicted octanol–water partition coefficient (Wildman–Crippen LogP) is 4.64. The van der Waals surface area contributed by atoms with Crippen molar-refractivity contribution in [3.05, 3.63) is 67.7 Å². The van der Waals surface area contributed by atoms with Crippen molar-refractivity contribution >= 4 is 46.0 Å². The molecule has 6 heteroatoms. The third-order valence-corrected chi connectivity index (χ3v) is 6.44. The third-order valence-electron chi connectivity index (χ3n) is 4.90. The summed E-state index contributed by atoms with van der Waals surface area (Å²) in [5.41, 5.74) is 2.36. The summed E-state index contributed by atoms with van der Waals surface area (Å²) < 4.78 is 0.877. The maximum atomic E-state index is 13.0. The molecule has 2 aromatic carbocycles. The van der Waals surface area contributed by atoms with Crippen LogP contribution >= 0.6 is 34.2 Å². The standard InChI is InChI=1S/C21H20ClIN2O2/c22-18-10-5-15(11-19(18)23)21(27)25(17-8-9-17)12-13-1-3-14(4-2-13)20(26)24-16-6-7-16/h1-5,10-11,16-17H,6-9,12H2,(H,24,26). The number of benzene rings is 2. The zero-order chi connectivity index (χ0) is 19.0. The van der Waals surface area contributed by atoms with Gasteiger partial charge in [-0.25, -0.2) is 0 Å². The molecule has 0 aliphatic heterocycles. The molecule has 27 heavy (non-hydrogen) atoms. The number of amides is 2. The highest BCUT2D eigenvalue weighted by molar-refractivity contribution is 14.1. The van der Waals surface area contributed by atoms with E-state index < -0.39 is 0 Å². The van der Waals surface area contributed by atoms with Crippen LogP contribution in [0.4, 0.5) is 0 Å². The van der Waals surface area contributed by atoms with Crippen LogP contribution in [0.25, 0.3) is 0 Å². The van der Waals surface area contributed by atoms with Crippen LogP contribution in [-0.4, -0.2) is 28.8 Å². The molecule has 2 amide bonds. The molecule has 2 fully saturated rings. The van der Waals surface area contributed by atoms with Crippen molar-refractivity contribution in [1.29, 1.82) is 0 Å². The summed E-state index contributed by atoms with van der Waals surface area (Å²) >= 11 is 8.23. The van der Waals surface area contributed by atoms with Gasteiger partial charge in [0.15, 0.2) is 0 Å². The minimum atomic E-state index is -0.0186. The van der Waals surface area contributed by atoms with Crippen LogP contribution in [0.1, 0.15) is 52.0 Å². The molecule has 4 rings (SSSR count). The van der Waals surface area contributed by atoms with Gasteiger partial charge in [0.2, 0.25) is 0 Å². The Morgan fingerprint density at radius 1 is 1.04 bits per heavy atom. The van der Waals surface area contributed by atoms with E-state index in [2.05, 4.69) is 27.9 Å². The molecule has 0 spiro atoms. The first-order valence-corrected chi connectivity index (χ1v) is 10.6. The number of halogens is 2. The Morgan fingerprint density at radius 3 is 2.30 bits per heavy atom. The third kappa shape index (κ3) is 4.63. The average molecular weight is 495 g/mol. The fraction of sp³-hybridized carbons (Fsp3) is 0.333. The van der Waals surface area contributed by atoms with E-state index in [1.165, 1.54) is 0 Å². The van der Waals surface area contributed by atoms with Gasteiger partial charge in [-0.15, -0.1) is 0 Å². The van der Waals surface area contributed by atoms with Gasteiger partial charge in [-0.1, -0.05) is 23.7 Å². The normalized spacial score (nSPS) is 16.1. The summed E-state index contributed by atoms with van der Waals surface area (Å²) in [6, 6.07) is 13.6. The van der Waals surface area contributed by atoms with Gasteiger partial charge in [-0.2, -0.15) is 0 Å². The molecule has 0 saturated heterocycles. The van der Waals surface area contributed by atoms with E-state index in [0.29, 0.717) is 34.8 Å². The van der Waals surface area contributed by atoms with Gasteiger partial charge in [0, 0.05) is 33.3 Å². The van der Waals surface area contributed by atoms with Gasteiger partial charge < -0.3 is 10.2 Å². The number of rotatable bonds is 6. The Bertz CT molecular complexity index is 876. The molecule has 0 radical (unpaired) electrons. The van der Waals surface area contributed by atoms with Crippen molar-refractivity contribution in [2.75, 3.05) is 0 Å². The summed E-state index contributed by atoms with van der Waals surface area (Å²) in [5.74, 6) is 0.0116. The van der Waals surface area contributed by atoms with E-state index in [9.17, 15) is 9.59 Å². The second-order valence-electron chi connectivity index (χ2n) is 7.24. The van der Waals surface area contributed by atoms with Crippen molar-refractivity contribution in [2.24, 2.45) is 0 Å². The molecule has 1 N–H and O–H groups in total. The van der Waals surface area contributed by atoms with Crippen LogP contribution in [0.2, 0.25) is 5.02 Å². The van der Waals surface area contributed by atoms with Gasteiger partial charge in [-0.05, 0) is 84.2 Å². The van der Waals surface area contributed by atoms with E-state index in [-0.39, 0.29) is 11.8 Å². The average Bonchev–Trinajstić information content (AvgIpc) is 3.56. The largest absolute Gasteiger partial charge is 0.349 e. The van der Waals surface area contributed by atoms with E-state index in [1.807, 2.05) is 35.2 Å². The molecule has 0 unspecified atom stereocenters. The monoisotopic (exact) mass is 494 g/mol. The van der Waals surface area contributed by atoms with E-state index >= 15 is 0 Å². The van der Waals surface area contributed by atoms with Crippen LogP contribution in [0, 0.1) is 3.57 Å². The van der Waals surface area contributed by atoms with Crippen molar-refractivity contribution in [3.63, 3.8) is 0 Å². The first kappa shape index (κ1) is 18.7. The highest BCUT2D eigenvalue weighted by Crippen LogP contribution is 2.31. The Balaban J connectivity index is 1.47. The Morgan fingerprint density at radius 2 is 1.70 bits per heavy atom. The molecule has 0 atom stereocenters. The van der Waals surface area contributed by atoms with Gasteiger partial charge in [0.25, 0.3) is 11.8 Å². The lowest BCUT2D eigenvalue weighted by atomic mass is 10.1. The summed E-state index contributed by atoms with van der Waals surface area (Å²) in [5, 5.41) is 3.65. The first-order valence-electron chi connectivity index (χ1n) is 9.17. The molecule has 0 aromatic heterocycles. The molecular weight excluding hydrogens is 475 g/mol. The minimum absolute atomic E-state index is 0.0186. The fourth-order valence-electron chi connectivity index (χ4n) is 3.00. The Kier molecular flexibility index (Phi) is 5.41. The van der Waals surface area contributed by atoms with Gasteiger partial charge in [0.1, 0.15) is 0 Å². The topological polar surface area (TPSA) is 49.4 Å². The predicted molar refractivity (Wildman–Crippen MR) is 114 cm³/mol. The first-order chi connectivity index (χ1) is 13.0. The van der Waals surface area contributed by atoms with Crippen LogP contribution in [-0.2, 0) is 6.54 Å². The lowest BCUT2D eigenvalue weighted by Gasteiger charge is -2.23. The summed E-state index contributed by atoms with van der Waals surface area (Å²) in [7, 11) is 0. The van der Waals surface area contributed by atoms with E-state index in [0.717, 1.165) is 34.8 Å². The molecule has 0 heterocycles. The van der Waals surface area contributed by atoms with Crippen molar-refractivity contribution in [2.45, 2.75) is 44.3 Å². The van der Waals surface area contributed by atoms with Crippen LogP contribution in [0.5, 0.6) is 0 Å². The van der Waals surface area contributed by atoms with Crippen molar-refractivity contribution < 1.29 is 9.59 Å². The molecule has 2 saturated carbocycles. The highest BCUT2D eigenvalue weighted by atomic mass is 127. The van der Waals surface area contributed by atoms with Gasteiger partial charge >= 0.3 is 0 Å². The lowest BCUT2D eigenvalue weighted by Crippen LogP contribution is -2.32. The number of hydrogen-bond donors (Lipinski definition) is 1. The second-order valence-corrected chi connectivity index (χ2v) is 8.81. The zero-order valence-electron chi connectivity index (χ0n) is 14.8. The number of carbonyl (C=O) groups excluding carboxylic acids is 2. The Hall–Kier alpha value is -1.60. The van der Waals surface area contributed by atoms with E-state index in [1.54, 1.807) is 12.1 Å². The smallest absolute Gasteiger partial charge is 0.254 e. The lowest BCUT2D eigenvalue weighted by molar-refractivity contribution is 0.0729. The molecule has 2 aliphatic rings. The van der Waals surface area contributed by atoms with Gasteiger partial charge in [0.05, 0.1) is 5.02 Å². The SMILES string of the molecule is O=C(NC1CC1)c1ccc(CN(C(=O)c2ccc(Cl)c(I)c2)C2CC2)cc1. The molecule has 4 nitrogen and oxygen atoms in total. The molecule has 2 aromatic rings. The number of nitrogens with one attached hydrogen (secondary N) is 1. The molecular formula is C21H20ClIN2O2. The quantitative estimate of drug-likeness (QED) is 0.595.